The second-order valence-corrected chi connectivity index (χ2v) is 4.13. The van der Waals surface area contributed by atoms with Gasteiger partial charge in [-0.25, -0.2) is 0 Å². The standard InChI is InChI=1S/C11H20O2/c1-5-9(2)7-6-8-11(3,4)10(12)13/h7H,5-6,8H2,1-4H3,(H,12,13)/b9-7+. The van der Waals surface area contributed by atoms with E-state index in [-0.39, 0.29) is 0 Å². The van der Waals surface area contributed by atoms with E-state index in [2.05, 4.69) is 19.9 Å². The van der Waals surface area contributed by atoms with Crippen LogP contribution < -0.4 is 0 Å². The third kappa shape index (κ3) is 4.71. The molecule has 0 rings (SSSR count). The molecule has 2 nitrogen and oxygen atoms in total. The highest BCUT2D eigenvalue weighted by Gasteiger charge is 2.25. The van der Waals surface area contributed by atoms with Crippen LogP contribution in [0.25, 0.3) is 0 Å². The molecule has 0 fully saturated rings. The average Bonchev–Trinajstić information content (AvgIpc) is 2.03. The van der Waals surface area contributed by atoms with Gasteiger partial charge in [-0.05, 0) is 40.0 Å². The van der Waals surface area contributed by atoms with E-state index in [4.69, 9.17) is 5.11 Å². The van der Waals surface area contributed by atoms with Gasteiger partial charge in [-0.1, -0.05) is 18.6 Å². The molecule has 0 spiro atoms. The van der Waals surface area contributed by atoms with Crippen LogP contribution in [0, 0.1) is 5.41 Å². The summed E-state index contributed by atoms with van der Waals surface area (Å²) in [5.74, 6) is -0.713. The molecule has 0 heterocycles. The maximum atomic E-state index is 10.7. The van der Waals surface area contributed by atoms with Crippen LogP contribution in [-0.2, 0) is 4.79 Å². The zero-order valence-electron chi connectivity index (χ0n) is 9.05. The van der Waals surface area contributed by atoms with Gasteiger partial charge in [0, 0.05) is 0 Å². The number of carboxylic acid groups (broad SMARTS) is 1. The van der Waals surface area contributed by atoms with Crippen molar-refractivity contribution in [2.75, 3.05) is 0 Å². The van der Waals surface area contributed by atoms with Crippen molar-refractivity contribution in [3.05, 3.63) is 11.6 Å². The van der Waals surface area contributed by atoms with E-state index in [1.165, 1.54) is 5.57 Å². The van der Waals surface area contributed by atoms with Gasteiger partial charge in [0.25, 0.3) is 0 Å². The fraction of sp³-hybridized carbons (Fsp3) is 0.727. The van der Waals surface area contributed by atoms with E-state index in [1.807, 2.05) is 0 Å². The Morgan fingerprint density at radius 3 is 2.38 bits per heavy atom. The van der Waals surface area contributed by atoms with Crippen molar-refractivity contribution in [1.82, 2.24) is 0 Å². The Kier molecular flexibility index (Phi) is 4.74. The van der Waals surface area contributed by atoms with E-state index in [0.29, 0.717) is 6.42 Å². The molecule has 0 aliphatic carbocycles. The van der Waals surface area contributed by atoms with E-state index in [1.54, 1.807) is 13.8 Å². The van der Waals surface area contributed by atoms with Crippen molar-refractivity contribution in [2.24, 2.45) is 5.41 Å². The van der Waals surface area contributed by atoms with Gasteiger partial charge in [0.1, 0.15) is 0 Å². The number of aliphatic carboxylic acids is 1. The molecule has 0 bridgehead atoms. The highest BCUT2D eigenvalue weighted by atomic mass is 16.4. The van der Waals surface area contributed by atoms with Crippen LogP contribution >= 0.6 is 0 Å². The Hall–Kier alpha value is -0.790. The van der Waals surface area contributed by atoms with Crippen molar-refractivity contribution in [1.29, 1.82) is 0 Å². The van der Waals surface area contributed by atoms with E-state index in [9.17, 15) is 4.79 Å². The zero-order valence-corrected chi connectivity index (χ0v) is 9.05. The van der Waals surface area contributed by atoms with Crippen molar-refractivity contribution in [2.45, 2.75) is 47.0 Å². The Morgan fingerprint density at radius 1 is 1.46 bits per heavy atom. The number of hydrogen-bond acceptors (Lipinski definition) is 1. The summed E-state index contributed by atoms with van der Waals surface area (Å²) in [4.78, 5) is 10.7. The van der Waals surface area contributed by atoms with Gasteiger partial charge in [0.15, 0.2) is 0 Å². The quantitative estimate of drug-likeness (QED) is 0.666. The van der Waals surface area contributed by atoms with Crippen LogP contribution in [0.4, 0.5) is 0 Å². The molecule has 2 heteroatoms. The third-order valence-corrected chi connectivity index (χ3v) is 2.40. The van der Waals surface area contributed by atoms with E-state index < -0.39 is 11.4 Å². The van der Waals surface area contributed by atoms with Gasteiger partial charge in [-0.3, -0.25) is 4.79 Å². The van der Waals surface area contributed by atoms with Crippen LogP contribution in [0.1, 0.15) is 47.0 Å². The first-order chi connectivity index (χ1) is 5.90. The minimum atomic E-state index is -0.713. The molecule has 0 radical (unpaired) electrons. The number of allylic oxidation sites excluding steroid dienone is 2. The lowest BCUT2D eigenvalue weighted by atomic mass is 9.88. The summed E-state index contributed by atoms with van der Waals surface area (Å²) in [6.07, 6.45) is 4.75. The smallest absolute Gasteiger partial charge is 0.309 e. The molecule has 0 atom stereocenters. The molecule has 0 aliphatic rings. The SMILES string of the molecule is CC/C(C)=C/CCC(C)(C)C(=O)O. The highest BCUT2D eigenvalue weighted by molar-refractivity contribution is 5.73. The lowest BCUT2D eigenvalue weighted by molar-refractivity contribution is -0.147. The molecule has 0 unspecified atom stereocenters. The average molecular weight is 184 g/mol. The fourth-order valence-electron chi connectivity index (χ4n) is 0.931. The molecule has 0 saturated carbocycles. The number of carboxylic acids is 1. The Balaban J connectivity index is 3.96. The van der Waals surface area contributed by atoms with Gasteiger partial charge >= 0.3 is 5.97 Å². The molecule has 76 valence electrons. The van der Waals surface area contributed by atoms with Crippen LogP contribution in [0.15, 0.2) is 11.6 Å². The third-order valence-electron chi connectivity index (χ3n) is 2.40. The van der Waals surface area contributed by atoms with Crippen LogP contribution in [-0.4, -0.2) is 11.1 Å². The molecule has 0 aliphatic heterocycles. The summed E-state index contributed by atoms with van der Waals surface area (Å²) in [7, 11) is 0. The summed E-state index contributed by atoms with van der Waals surface area (Å²) < 4.78 is 0. The Labute approximate surface area is 80.7 Å². The summed E-state index contributed by atoms with van der Waals surface area (Å²) in [6.45, 7) is 7.72. The fourth-order valence-corrected chi connectivity index (χ4v) is 0.931. The first-order valence-corrected chi connectivity index (χ1v) is 4.79. The lowest BCUT2D eigenvalue weighted by Gasteiger charge is -2.17. The zero-order chi connectivity index (χ0) is 10.5. The second kappa shape index (κ2) is 5.05. The first-order valence-electron chi connectivity index (χ1n) is 4.79. The van der Waals surface area contributed by atoms with Crippen molar-refractivity contribution in [3.8, 4) is 0 Å². The largest absolute Gasteiger partial charge is 0.481 e. The Morgan fingerprint density at radius 2 is 2.00 bits per heavy atom. The molecule has 0 saturated heterocycles. The van der Waals surface area contributed by atoms with Gasteiger partial charge in [0.2, 0.25) is 0 Å². The highest BCUT2D eigenvalue weighted by Crippen LogP contribution is 2.23. The predicted molar refractivity (Wildman–Crippen MR) is 54.7 cm³/mol. The molecule has 1 N–H and O–H groups in total. The lowest BCUT2D eigenvalue weighted by Crippen LogP contribution is -2.23. The minimum absolute atomic E-state index is 0.593. The monoisotopic (exact) mass is 184 g/mol. The maximum absolute atomic E-state index is 10.7. The maximum Gasteiger partial charge on any atom is 0.309 e. The van der Waals surface area contributed by atoms with Gasteiger partial charge in [0.05, 0.1) is 5.41 Å². The van der Waals surface area contributed by atoms with Gasteiger partial charge in [-0.2, -0.15) is 0 Å². The molecule has 0 aromatic heterocycles. The number of rotatable bonds is 5. The summed E-state index contributed by atoms with van der Waals surface area (Å²) in [6, 6.07) is 0. The minimum Gasteiger partial charge on any atom is -0.481 e. The van der Waals surface area contributed by atoms with Gasteiger partial charge < -0.3 is 5.11 Å². The van der Waals surface area contributed by atoms with E-state index >= 15 is 0 Å². The normalized spacial score (nSPS) is 13.1. The Bertz CT molecular complexity index is 202. The van der Waals surface area contributed by atoms with Gasteiger partial charge in [-0.15, -0.1) is 0 Å². The molecule has 0 amide bonds. The van der Waals surface area contributed by atoms with Crippen LogP contribution in [0.3, 0.4) is 0 Å². The second-order valence-electron chi connectivity index (χ2n) is 4.13. The first kappa shape index (κ1) is 12.2. The van der Waals surface area contributed by atoms with Crippen molar-refractivity contribution in [3.63, 3.8) is 0 Å². The van der Waals surface area contributed by atoms with Crippen LogP contribution in [0.2, 0.25) is 0 Å². The summed E-state index contributed by atoms with van der Waals surface area (Å²) >= 11 is 0. The molecule has 13 heavy (non-hydrogen) atoms. The number of hydrogen-bond donors (Lipinski definition) is 1. The van der Waals surface area contributed by atoms with Crippen molar-refractivity contribution < 1.29 is 9.90 Å². The summed E-state index contributed by atoms with van der Waals surface area (Å²) in [5, 5.41) is 8.84. The molecule has 0 aromatic rings. The summed E-state index contributed by atoms with van der Waals surface area (Å²) in [5.41, 5.74) is 0.742. The van der Waals surface area contributed by atoms with Crippen molar-refractivity contribution >= 4 is 5.97 Å². The topological polar surface area (TPSA) is 37.3 Å². The number of carbonyl (C=O) groups is 1. The molecular formula is C11H20O2. The predicted octanol–water partition coefficient (Wildman–Crippen LogP) is 3.23. The molecular weight excluding hydrogens is 164 g/mol. The van der Waals surface area contributed by atoms with E-state index in [0.717, 1.165) is 12.8 Å². The molecule has 0 aromatic carbocycles. The van der Waals surface area contributed by atoms with Crippen LogP contribution in [0.5, 0.6) is 0 Å².